The van der Waals surface area contributed by atoms with Gasteiger partial charge in [-0.05, 0) is 31.4 Å². The van der Waals surface area contributed by atoms with E-state index in [1.807, 2.05) is 36.4 Å². The number of aryl methyl sites for hydroxylation is 1. The van der Waals surface area contributed by atoms with E-state index in [1.165, 1.54) is 4.88 Å². The summed E-state index contributed by atoms with van der Waals surface area (Å²) in [6, 6.07) is 15.8. The molecule has 0 saturated heterocycles. The van der Waals surface area contributed by atoms with E-state index in [4.69, 9.17) is 14.5 Å². The lowest BCUT2D eigenvalue weighted by molar-refractivity contribution is -0.120. The molecule has 1 aliphatic carbocycles. The molecule has 6 heteroatoms. The Morgan fingerprint density at radius 1 is 1.07 bits per heavy atom. The Kier molecular flexibility index (Phi) is 4.49. The fraction of sp³-hybridized carbons (Fsp3) is 0.273. The van der Waals surface area contributed by atoms with Gasteiger partial charge in [0.05, 0.1) is 5.69 Å². The van der Waals surface area contributed by atoms with E-state index in [0.717, 1.165) is 47.0 Å². The molecule has 1 amide bonds. The first-order valence-electron chi connectivity index (χ1n) is 9.51. The number of nitrogens with one attached hydrogen (secondary N) is 1. The molecule has 1 N–H and O–H groups in total. The van der Waals surface area contributed by atoms with Crippen LogP contribution in [0.25, 0.3) is 10.6 Å². The number of hydrogen-bond donors (Lipinski definition) is 1. The van der Waals surface area contributed by atoms with Gasteiger partial charge in [0.1, 0.15) is 18.2 Å². The molecule has 28 heavy (non-hydrogen) atoms. The summed E-state index contributed by atoms with van der Waals surface area (Å²) >= 11 is 1.71. The average molecular weight is 392 g/mol. The minimum Gasteiger partial charge on any atom is -0.486 e. The molecule has 5 nitrogen and oxygen atoms in total. The lowest BCUT2D eigenvalue weighted by Crippen LogP contribution is -2.27. The average Bonchev–Trinajstić information content (AvgIpc) is 3.18. The number of anilines is 1. The first-order chi connectivity index (χ1) is 13.8. The van der Waals surface area contributed by atoms with Gasteiger partial charge >= 0.3 is 0 Å². The van der Waals surface area contributed by atoms with Crippen LogP contribution in [0.15, 0.2) is 48.5 Å². The van der Waals surface area contributed by atoms with Crippen LogP contribution in [0, 0.1) is 5.92 Å². The molecule has 1 atom stereocenters. The van der Waals surface area contributed by atoms with Crippen molar-refractivity contribution in [3.63, 3.8) is 0 Å². The third-order valence-corrected chi connectivity index (χ3v) is 6.31. The van der Waals surface area contributed by atoms with Crippen molar-refractivity contribution < 1.29 is 14.3 Å². The number of carbonyl (C=O) groups excluding carboxylic acids is 1. The van der Waals surface area contributed by atoms with Crippen LogP contribution >= 0.6 is 11.3 Å². The van der Waals surface area contributed by atoms with Gasteiger partial charge in [0.25, 0.3) is 0 Å². The van der Waals surface area contributed by atoms with Gasteiger partial charge in [-0.15, -0.1) is 11.3 Å². The third kappa shape index (κ3) is 3.36. The maximum Gasteiger partial charge on any atom is 0.227 e. The molecule has 1 aromatic heterocycles. The molecule has 3 aromatic rings. The van der Waals surface area contributed by atoms with Crippen molar-refractivity contribution in [3.05, 3.63) is 59.1 Å². The molecule has 2 aliphatic rings. The summed E-state index contributed by atoms with van der Waals surface area (Å²) in [5.41, 5.74) is 3.03. The Bertz CT molecular complexity index is 1020. The molecule has 0 bridgehead atoms. The van der Waals surface area contributed by atoms with Crippen molar-refractivity contribution in [2.75, 3.05) is 18.5 Å². The highest BCUT2D eigenvalue weighted by Gasteiger charge is 2.28. The molecule has 5 rings (SSSR count). The van der Waals surface area contributed by atoms with Crippen molar-refractivity contribution in [2.45, 2.75) is 19.3 Å². The molecule has 0 radical (unpaired) electrons. The molecule has 142 valence electrons. The van der Waals surface area contributed by atoms with Gasteiger partial charge in [-0.2, -0.15) is 0 Å². The Morgan fingerprint density at radius 2 is 1.89 bits per heavy atom. The van der Waals surface area contributed by atoms with Crippen molar-refractivity contribution in [1.29, 1.82) is 0 Å². The number of thiazole rings is 1. The first-order valence-corrected chi connectivity index (χ1v) is 10.3. The van der Waals surface area contributed by atoms with Crippen molar-refractivity contribution >= 4 is 22.9 Å². The summed E-state index contributed by atoms with van der Waals surface area (Å²) < 4.78 is 11.1. The van der Waals surface area contributed by atoms with Gasteiger partial charge in [-0.3, -0.25) is 4.79 Å². The van der Waals surface area contributed by atoms with Gasteiger partial charge < -0.3 is 14.8 Å². The maximum atomic E-state index is 12.8. The lowest BCUT2D eigenvalue weighted by atomic mass is 9.90. The highest BCUT2D eigenvalue weighted by molar-refractivity contribution is 7.15. The Balaban J connectivity index is 1.29. The third-order valence-electron chi connectivity index (χ3n) is 5.14. The smallest absolute Gasteiger partial charge is 0.227 e. The molecule has 1 unspecified atom stereocenters. The summed E-state index contributed by atoms with van der Waals surface area (Å²) in [6.45, 7) is 1.09. The summed E-state index contributed by atoms with van der Waals surface area (Å²) in [7, 11) is 0. The van der Waals surface area contributed by atoms with Crippen LogP contribution in [0.3, 0.4) is 0 Å². The van der Waals surface area contributed by atoms with Crippen LogP contribution in [0.1, 0.15) is 17.0 Å². The van der Waals surface area contributed by atoms with E-state index in [0.29, 0.717) is 19.0 Å². The van der Waals surface area contributed by atoms with E-state index in [9.17, 15) is 4.79 Å². The molecule has 2 heterocycles. The quantitative estimate of drug-likeness (QED) is 0.721. The number of amides is 1. The number of carbonyl (C=O) groups is 1. The summed E-state index contributed by atoms with van der Waals surface area (Å²) in [5, 5.41) is 4.08. The largest absolute Gasteiger partial charge is 0.486 e. The maximum absolute atomic E-state index is 12.8. The van der Waals surface area contributed by atoms with Crippen LogP contribution in [0.5, 0.6) is 11.5 Å². The summed E-state index contributed by atoms with van der Waals surface area (Å²) in [5.74, 6) is 1.43. The number of hydrogen-bond acceptors (Lipinski definition) is 5. The Morgan fingerprint density at radius 3 is 2.75 bits per heavy atom. The molecular formula is C22H20N2O3S. The van der Waals surface area contributed by atoms with Gasteiger partial charge in [0, 0.05) is 28.1 Å². The number of nitrogens with zero attached hydrogens (tertiary/aromatic N) is 1. The molecule has 0 saturated carbocycles. The lowest BCUT2D eigenvalue weighted by Gasteiger charge is -2.22. The normalized spacial score (nSPS) is 17.6. The van der Waals surface area contributed by atoms with Crippen LogP contribution < -0.4 is 14.8 Å². The zero-order valence-electron chi connectivity index (χ0n) is 15.3. The van der Waals surface area contributed by atoms with Crippen molar-refractivity contribution in [2.24, 2.45) is 5.92 Å². The van der Waals surface area contributed by atoms with Gasteiger partial charge in [0.2, 0.25) is 5.91 Å². The second-order valence-corrected chi connectivity index (χ2v) is 8.13. The predicted octanol–water partition coefficient (Wildman–Crippen LogP) is 4.32. The number of rotatable bonds is 3. The molecule has 2 aromatic carbocycles. The van der Waals surface area contributed by atoms with Gasteiger partial charge in [0.15, 0.2) is 11.5 Å². The van der Waals surface area contributed by atoms with E-state index in [2.05, 4.69) is 17.4 Å². The fourth-order valence-corrected chi connectivity index (χ4v) is 4.86. The second-order valence-electron chi connectivity index (χ2n) is 7.04. The fourth-order valence-electron chi connectivity index (χ4n) is 3.67. The molecule has 0 spiro atoms. The molecular weight excluding hydrogens is 372 g/mol. The van der Waals surface area contributed by atoms with Crippen LogP contribution in [0.2, 0.25) is 0 Å². The number of fused-ring (bicyclic) bond motifs is 2. The zero-order chi connectivity index (χ0) is 18.9. The Hall–Kier alpha value is -2.86. The standard InChI is InChI=1S/C22H20N2O3S/c25-21(23-16-7-9-18-19(13-16)27-11-10-26-18)15-6-8-17-20(12-15)28-22(24-17)14-4-2-1-3-5-14/h1-5,7,9,13,15H,6,8,10-12H2,(H,23,25). The monoisotopic (exact) mass is 392 g/mol. The summed E-state index contributed by atoms with van der Waals surface area (Å²) in [4.78, 5) is 18.9. The van der Waals surface area contributed by atoms with E-state index >= 15 is 0 Å². The SMILES string of the molecule is O=C(Nc1ccc2c(c1)OCCO2)C1CCc2nc(-c3ccccc3)sc2C1. The van der Waals surface area contributed by atoms with Crippen LogP contribution in [0.4, 0.5) is 5.69 Å². The van der Waals surface area contributed by atoms with Crippen LogP contribution in [-0.2, 0) is 17.6 Å². The minimum absolute atomic E-state index is 0.0372. The Labute approximate surface area is 167 Å². The van der Waals surface area contributed by atoms with E-state index in [1.54, 1.807) is 11.3 Å². The molecule has 1 aliphatic heterocycles. The highest BCUT2D eigenvalue weighted by atomic mass is 32.1. The van der Waals surface area contributed by atoms with Crippen molar-refractivity contribution in [1.82, 2.24) is 4.98 Å². The number of aromatic nitrogens is 1. The first kappa shape index (κ1) is 17.3. The van der Waals surface area contributed by atoms with E-state index < -0.39 is 0 Å². The topological polar surface area (TPSA) is 60.5 Å². The molecule has 0 fully saturated rings. The summed E-state index contributed by atoms with van der Waals surface area (Å²) in [6.07, 6.45) is 2.41. The van der Waals surface area contributed by atoms with Gasteiger partial charge in [-0.25, -0.2) is 4.98 Å². The second kappa shape index (κ2) is 7.28. The van der Waals surface area contributed by atoms with Crippen LogP contribution in [-0.4, -0.2) is 24.1 Å². The van der Waals surface area contributed by atoms with Gasteiger partial charge in [-0.1, -0.05) is 30.3 Å². The highest BCUT2D eigenvalue weighted by Crippen LogP contribution is 2.36. The number of benzene rings is 2. The van der Waals surface area contributed by atoms with Crippen molar-refractivity contribution in [3.8, 4) is 22.1 Å². The number of ether oxygens (including phenoxy) is 2. The zero-order valence-corrected chi connectivity index (χ0v) is 16.1. The minimum atomic E-state index is -0.0372. The predicted molar refractivity (Wildman–Crippen MR) is 109 cm³/mol. The van der Waals surface area contributed by atoms with E-state index in [-0.39, 0.29) is 11.8 Å².